The molecule has 3 rings (SSSR count). The molecule has 1 heterocycles. The molecule has 6 nitrogen and oxygen atoms in total. The Morgan fingerprint density at radius 1 is 1.14 bits per heavy atom. The van der Waals surface area contributed by atoms with E-state index in [4.69, 9.17) is 23.2 Å². The number of guanidine groups is 1. The fourth-order valence-corrected chi connectivity index (χ4v) is 3.29. The van der Waals surface area contributed by atoms with Gasteiger partial charge in [-0.1, -0.05) is 47.5 Å². The molecular formula is C20H22Cl2N6. The number of aryl methyl sites for hydroxylation is 1. The molecular weight excluding hydrogens is 395 g/mol. The van der Waals surface area contributed by atoms with Crippen LogP contribution in [0, 0.1) is 0 Å². The van der Waals surface area contributed by atoms with Crippen molar-refractivity contribution in [3.8, 4) is 11.4 Å². The zero-order valence-electron chi connectivity index (χ0n) is 15.5. The Kier molecular flexibility index (Phi) is 7.28. The molecule has 0 fully saturated rings. The Labute approximate surface area is 174 Å². The van der Waals surface area contributed by atoms with Crippen molar-refractivity contribution in [2.45, 2.75) is 19.4 Å². The van der Waals surface area contributed by atoms with Crippen molar-refractivity contribution in [2.75, 3.05) is 13.6 Å². The number of halogens is 2. The first-order chi connectivity index (χ1) is 13.7. The number of hydrogen-bond donors (Lipinski definition) is 3. The summed E-state index contributed by atoms with van der Waals surface area (Å²) >= 11 is 12.1. The van der Waals surface area contributed by atoms with Gasteiger partial charge in [-0.05, 0) is 42.2 Å². The molecule has 0 atom stereocenters. The van der Waals surface area contributed by atoms with Crippen molar-refractivity contribution in [3.63, 3.8) is 0 Å². The molecule has 8 heteroatoms. The standard InChI is InChI=1S/C20H22Cl2N6/c1-23-20(24-9-3-6-15-7-8-17(21)11-18(15)22)25-12-14-4-2-5-16(10-14)19-26-13-27-28-19/h2,4-5,7-8,10-11,13H,3,6,9,12H2,1H3,(H2,23,24,25)(H,26,27,28). The molecule has 0 saturated heterocycles. The lowest BCUT2D eigenvalue weighted by atomic mass is 10.1. The van der Waals surface area contributed by atoms with Crippen molar-refractivity contribution >= 4 is 29.2 Å². The predicted octanol–water partition coefficient (Wildman–Crippen LogP) is 4.08. The van der Waals surface area contributed by atoms with E-state index < -0.39 is 0 Å². The molecule has 3 N–H and O–H groups in total. The lowest BCUT2D eigenvalue weighted by Gasteiger charge is -2.12. The van der Waals surface area contributed by atoms with Crippen LogP contribution in [0.2, 0.25) is 10.0 Å². The highest BCUT2D eigenvalue weighted by atomic mass is 35.5. The van der Waals surface area contributed by atoms with E-state index in [-0.39, 0.29) is 0 Å². The second-order valence-corrected chi connectivity index (χ2v) is 7.07. The van der Waals surface area contributed by atoms with Gasteiger partial charge in [-0.15, -0.1) is 0 Å². The molecule has 0 radical (unpaired) electrons. The smallest absolute Gasteiger partial charge is 0.191 e. The number of rotatable bonds is 7. The Morgan fingerprint density at radius 2 is 2.04 bits per heavy atom. The fourth-order valence-electron chi connectivity index (χ4n) is 2.79. The topological polar surface area (TPSA) is 78.0 Å². The van der Waals surface area contributed by atoms with Crippen LogP contribution in [0.3, 0.4) is 0 Å². The summed E-state index contributed by atoms with van der Waals surface area (Å²) in [5.41, 5.74) is 3.23. The monoisotopic (exact) mass is 416 g/mol. The number of aliphatic imine (C=N–C) groups is 1. The summed E-state index contributed by atoms with van der Waals surface area (Å²) < 4.78 is 0. The number of aromatic nitrogens is 3. The summed E-state index contributed by atoms with van der Waals surface area (Å²) in [4.78, 5) is 8.46. The Hall–Kier alpha value is -2.57. The lowest BCUT2D eigenvalue weighted by molar-refractivity contribution is 0.742. The van der Waals surface area contributed by atoms with Gasteiger partial charge < -0.3 is 10.6 Å². The molecule has 0 aliphatic heterocycles. The fraction of sp³-hybridized carbons (Fsp3) is 0.250. The van der Waals surface area contributed by atoms with Gasteiger partial charge in [0, 0.05) is 35.7 Å². The van der Waals surface area contributed by atoms with E-state index in [1.807, 2.05) is 24.3 Å². The van der Waals surface area contributed by atoms with Gasteiger partial charge in [0.05, 0.1) is 0 Å². The van der Waals surface area contributed by atoms with E-state index >= 15 is 0 Å². The Balaban J connectivity index is 1.45. The number of hydrogen-bond acceptors (Lipinski definition) is 3. The van der Waals surface area contributed by atoms with Gasteiger partial charge in [0.25, 0.3) is 0 Å². The SMILES string of the molecule is CN=C(NCCCc1ccc(Cl)cc1Cl)NCc1cccc(-c2ncn[nH]2)c1. The first-order valence-corrected chi connectivity index (χ1v) is 9.74. The summed E-state index contributed by atoms with van der Waals surface area (Å²) in [5.74, 6) is 1.51. The highest BCUT2D eigenvalue weighted by molar-refractivity contribution is 6.35. The molecule has 2 aromatic carbocycles. The Morgan fingerprint density at radius 3 is 2.79 bits per heavy atom. The van der Waals surface area contributed by atoms with Gasteiger partial charge in [0.2, 0.25) is 0 Å². The highest BCUT2D eigenvalue weighted by Gasteiger charge is 2.04. The van der Waals surface area contributed by atoms with Gasteiger partial charge in [0.1, 0.15) is 6.33 Å². The van der Waals surface area contributed by atoms with Crippen molar-refractivity contribution in [2.24, 2.45) is 4.99 Å². The maximum atomic E-state index is 6.21. The summed E-state index contributed by atoms with van der Waals surface area (Å²) in [6.45, 7) is 1.45. The number of aromatic amines is 1. The quantitative estimate of drug-likeness (QED) is 0.308. The van der Waals surface area contributed by atoms with Crippen LogP contribution in [0.15, 0.2) is 53.8 Å². The molecule has 0 bridgehead atoms. The average molecular weight is 417 g/mol. The number of nitrogens with one attached hydrogen (secondary N) is 3. The number of nitrogens with zero attached hydrogens (tertiary/aromatic N) is 3. The number of H-pyrrole nitrogens is 1. The minimum absolute atomic E-state index is 0.656. The van der Waals surface area contributed by atoms with E-state index in [1.54, 1.807) is 13.1 Å². The Bertz CT molecular complexity index is 924. The van der Waals surface area contributed by atoms with E-state index in [2.05, 4.69) is 42.9 Å². The van der Waals surface area contributed by atoms with Gasteiger partial charge >= 0.3 is 0 Å². The molecule has 1 aromatic heterocycles. The summed E-state index contributed by atoms with van der Waals surface area (Å²) in [6, 6.07) is 13.7. The number of benzene rings is 2. The summed E-state index contributed by atoms with van der Waals surface area (Å²) in [6.07, 6.45) is 3.31. The zero-order chi connectivity index (χ0) is 19.8. The van der Waals surface area contributed by atoms with E-state index in [0.717, 1.165) is 47.9 Å². The van der Waals surface area contributed by atoms with Crippen molar-refractivity contribution in [1.29, 1.82) is 0 Å². The zero-order valence-corrected chi connectivity index (χ0v) is 17.1. The maximum Gasteiger partial charge on any atom is 0.191 e. The largest absolute Gasteiger partial charge is 0.356 e. The van der Waals surface area contributed by atoms with E-state index in [0.29, 0.717) is 16.6 Å². The predicted molar refractivity (Wildman–Crippen MR) is 115 cm³/mol. The molecule has 0 aliphatic carbocycles. The normalized spacial score (nSPS) is 11.5. The molecule has 28 heavy (non-hydrogen) atoms. The second-order valence-electron chi connectivity index (χ2n) is 6.23. The van der Waals surface area contributed by atoms with Gasteiger partial charge in [0.15, 0.2) is 11.8 Å². The third-order valence-electron chi connectivity index (χ3n) is 4.23. The molecule has 3 aromatic rings. The van der Waals surface area contributed by atoms with Crippen molar-refractivity contribution < 1.29 is 0 Å². The molecule has 0 amide bonds. The molecule has 146 valence electrons. The molecule has 0 unspecified atom stereocenters. The van der Waals surface area contributed by atoms with Crippen LogP contribution in [-0.4, -0.2) is 34.7 Å². The molecule has 0 saturated carbocycles. The van der Waals surface area contributed by atoms with Gasteiger partial charge in [-0.25, -0.2) is 4.98 Å². The van der Waals surface area contributed by atoms with Crippen LogP contribution >= 0.6 is 23.2 Å². The van der Waals surface area contributed by atoms with Crippen molar-refractivity contribution in [1.82, 2.24) is 25.8 Å². The van der Waals surface area contributed by atoms with Crippen LogP contribution in [0.5, 0.6) is 0 Å². The lowest BCUT2D eigenvalue weighted by Crippen LogP contribution is -2.37. The van der Waals surface area contributed by atoms with Gasteiger partial charge in [-0.2, -0.15) is 5.10 Å². The van der Waals surface area contributed by atoms with Gasteiger partial charge in [-0.3, -0.25) is 10.1 Å². The van der Waals surface area contributed by atoms with Crippen LogP contribution < -0.4 is 10.6 Å². The van der Waals surface area contributed by atoms with Crippen LogP contribution in [-0.2, 0) is 13.0 Å². The van der Waals surface area contributed by atoms with E-state index in [1.165, 1.54) is 6.33 Å². The maximum absolute atomic E-state index is 6.21. The highest BCUT2D eigenvalue weighted by Crippen LogP contribution is 2.21. The second kappa shape index (κ2) is 10.1. The average Bonchev–Trinajstić information content (AvgIpc) is 3.24. The summed E-state index contributed by atoms with van der Waals surface area (Å²) in [7, 11) is 1.76. The van der Waals surface area contributed by atoms with Crippen LogP contribution in [0.25, 0.3) is 11.4 Å². The van der Waals surface area contributed by atoms with Crippen molar-refractivity contribution in [3.05, 3.63) is 70.0 Å². The van der Waals surface area contributed by atoms with Crippen LogP contribution in [0.1, 0.15) is 17.5 Å². The minimum atomic E-state index is 0.656. The van der Waals surface area contributed by atoms with E-state index in [9.17, 15) is 0 Å². The first kappa shape index (κ1) is 20.2. The summed E-state index contributed by atoms with van der Waals surface area (Å²) in [5, 5.41) is 14.8. The third-order valence-corrected chi connectivity index (χ3v) is 4.82. The first-order valence-electron chi connectivity index (χ1n) is 8.99. The van der Waals surface area contributed by atoms with Crippen LogP contribution in [0.4, 0.5) is 0 Å². The molecule has 0 spiro atoms. The third kappa shape index (κ3) is 5.71. The minimum Gasteiger partial charge on any atom is -0.356 e. The molecule has 0 aliphatic rings.